The number of carbonyl (C=O) groups excluding carboxylic acids is 1. The first kappa shape index (κ1) is 17.8. The van der Waals surface area contributed by atoms with Gasteiger partial charge in [-0.2, -0.15) is 0 Å². The van der Waals surface area contributed by atoms with Gasteiger partial charge in [0.1, 0.15) is 16.6 Å². The Kier molecular flexibility index (Phi) is 4.74. The van der Waals surface area contributed by atoms with E-state index in [1.165, 1.54) is 12.1 Å². The number of halogens is 2. The van der Waals surface area contributed by atoms with Crippen LogP contribution in [0.25, 0.3) is 10.6 Å². The third kappa shape index (κ3) is 3.90. The molecule has 0 atom stereocenters. The highest BCUT2D eigenvalue weighted by atomic mass is 32.1. The van der Waals surface area contributed by atoms with E-state index in [2.05, 4.69) is 4.98 Å². The Bertz CT molecular complexity index is 980. The van der Waals surface area contributed by atoms with Gasteiger partial charge in [-0.1, -0.05) is 18.2 Å². The molecular formula is C21H18F2N2OS. The van der Waals surface area contributed by atoms with Crippen molar-refractivity contribution < 1.29 is 13.6 Å². The third-order valence-corrected chi connectivity index (χ3v) is 5.61. The lowest BCUT2D eigenvalue weighted by Gasteiger charge is -2.23. The Hall–Kier alpha value is -2.60. The number of benzene rings is 2. The number of carbonyl (C=O) groups is 1. The molecule has 0 spiro atoms. The Morgan fingerprint density at radius 3 is 2.52 bits per heavy atom. The minimum atomic E-state index is -0.622. The lowest BCUT2D eigenvalue weighted by molar-refractivity contribution is 0.0728. The van der Waals surface area contributed by atoms with Crippen molar-refractivity contribution in [3.8, 4) is 10.6 Å². The van der Waals surface area contributed by atoms with Gasteiger partial charge in [0, 0.05) is 46.4 Å². The second kappa shape index (κ2) is 7.19. The standard InChI is InChI=1S/C21H18F2N2OS/c1-13-12-27-20(24-13)14-2-4-15(5-3-14)21(26)25(18-8-9-18)11-16-6-7-17(22)10-19(16)23/h2-7,10,12,18H,8-9,11H2,1H3. The summed E-state index contributed by atoms with van der Waals surface area (Å²) < 4.78 is 27.2. The number of rotatable bonds is 5. The zero-order valence-corrected chi connectivity index (χ0v) is 15.6. The molecule has 1 amide bonds. The van der Waals surface area contributed by atoms with Crippen LogP contribution in [0.1, 0.15) is 34.5 Å². The second-order valence-electron chi connectivity index (χ2n) is 6.77. The molecule has 4 rings (SSSR count). The molecule has 1 fully saturated rings. The molecule has 0 unspecified atom stereocenters. The van der Waals surface area contributed by atoms with E-state index in [-0.39, 0.29) is 18.5 Å². The van der Waals surface area contributed by atoms with Gasteiger partial charge in [-0.15, -0.1) is 11.3 Å². The van der Waals surface area contributed by atoms with Crippen molar-refractivity contribution in [1.29, 1.82) is 0 Å². The van der Waals surface area contributed by atoms with Gasteiger partial charge in [-0.3, -0.25) is 4.79 Å². The fourth-order valence-electron chi connectivity index (χ4n) is 2.99. The second-order valence-corrected chi connectivity index (χ2v) is 7.63. The molecule has 0 bridgehead atoms. The first-order valence-electron chi connectivity index (χ1n) is 8.79. The highest BCUT2D eigenvalue weighted by Gasteiger charge is 2.33. The van der Waals surface area contributed by atoms with Crippen LogP contribution >= 0.6 is 11.3 Å². The molecule has 1 aliphatic carbocycles. The largest absolute Gasteiger partial charge is 0.331 e. The van der Waals surface area contributed by atoms with E-state index in [1.54, 1.807) is 28.4 Å². The van der Waals surface area contributed by atoms with Gasteiger partial charge in [0.15, 0.2) is 0 Å². The summed E-state index contributed by atoms with van der Waals surface area (Å²) >= 11 is 1.56. The molecule has 138 valence electrons. The van der Waals surface area contributed by atoms with Crippen molar-refractivity contribution in [2.24, 2.45) is 0 Å². The van der Waals surface area contributed by atoms with E-state index in [9.17, 15) is 13.6 Å². The number of aromatic nitrogens is 1. The van der Waals surface area contributed by atoms with Crippen LogP contribution in [-0.2, 0) is 6.54 Å². The van der Waals surface area contributed by atoms with Crippen LogP contribution in [0.5, 0.6) is 0 Å². The first-order valence-corrected chi connectivity index (χ1v) is 9.66. The van der Waals surface area contributed by atoms with Crippen molar-refractivity contribution in [2.75, 3.05) is 0 Å². The molecule has 0 aliphatic heterocycles. The van der Waals surface area contributed by atoms with Crippen LogP contribution < -0.4 is 0 Å². The predicted octanol–water partition coefficient (Wildman–Crippen LogP) is 5.20. The van der Waals surface area contributed by atoms with Crippen LogP contribution in [0.3, 0.4) is 0 Å². The average molecular weight is 384 g/mol. The molecule has 3 nitrogen and oxygen atoms in total. The van der Waals surface area contributed by atoms with Gasteiger partial charge in [0.05, 0.1) is 0 Å². The molecule has 3 aromatic rings. The molecule has 1 aliphatic rings. The zero-order valence-electron chi connectivity index (χ0n) is 14.8. The van der Waals surface area contributed by atoms with Crippen LogP contribution in [0.2, 0.25) is 0 Å². The minimum Gasteiger partial charge on any atom is -0.331 e. The highest BCUT2D eigenvalue weighted by Crippen LogP contribution is 2.31. The predicted molar refractivity (Wildman–Crippen MR) is 102 cm³/mol. The number of amides is 1. The SMILES string of the molecule is Cc1csc(-c2ccc(C(=O)N(Cc3ccc(F)cc3F)C3CC3)cc2)n1. The monoisotopic (exact) mass is 384 g/mol. The fraction of sp³-hybridized carbons (Fsp3) is 0.238. The molecule has 1 saturated carbocycles. The summed E-state index contributed by atoms with van der Waals surface area (Å²) in [5.74, 6) is -1.38. The molecule has 6 heteroatoms. The number of hydrogen-bond donors (Lipinski definition) is 0. The van der Waals surface area contributed by atoms with E-state index in [0.29, 0.717) is 11.1 Å². The molecule has 27 heavy (non-hydrogen) atoms. The smallest absolute Gasteiger partial charge is 0.254 e. The third-order valence-electron chi connectivity index (χ3n) is 4.60. The Labute approximate surface area is 160 Å². The maximum Gasteiger partial charge on any atom is 0.254 e. The number of aryl methyl sites for hydroxylation is 1. The minimum absolute atomic E-state index is 0.114. The molecule has 2 aromatic carbocycles. The van der Waals surface area contributed by atoms with Crippen molar-refractivity contribution in [3.63, 3.8) is 0 Å². The van der Waals surface area contributed by atoms with Crippen molar-refractivity contribution in [2.45, 2.75) is 32.4 Å². The van der Waals surface area contributed by atoms with Crippen molar-refractivity contribution in [3.05, 3.63) is 76.3 Å². The van der Waals surface area contributed by atoms with Gasteiger partial charge in [-0.25, -0.2) is 13.8 Å². The molecular weight excluding hydrogens is 366 g/mol. The molecule has 0 radical (unpaired) electrons. The van der Waals surface area contributed by atoms with Crippen LogP contribution in [0, 0.1) is 18.6 Å². The van der Waals surface area contributed by atoms with Crippen LogP contribution in [-0.4, -0.2) is 21.8 Å². The zero-order chi connectivity index (χ0) is 19.0. The maximum absolute atomic E-state index is 14.0. The lowest BCUT2D eigenvalue weighted by Crippen LogP contribution is -2.32. The van der Waals surface area contributed by atoms with Gasteiger partial charge < -0.3 is 4.90 Å². The number of thiazole rings is 1. The van der Waals surface area contributed by atoms with Crippen LogP contribution in [0.15, 0.2) is 47.8 Å². The van der Waals surface area contributed by atoms with Crippen LogP contribution in [0.4, 0.5) is 8.78 Å². The van der Waals surface area contributed by atoms with E-state index in [1.807, 2.05) is 24.4 Å². The molecule has 1 aromatic heterocycles. The van der Waals surface area contributed by atoms with Gasteiger partial charge in [0.2, 0.25) is 0 Å². The van der Waals surface area contributed by atoms with Gasteiger partial charge >= 0.3 is 0 Å². The van der Waals surface area contributed by atoms with Gasteiger partial charge in [-0.05, 0) is 38.0 Å². The Balaban J connectivity index is 1.55. The number of hydrogen-bond acceptors (Lipinski definition) is 3. The quantitative estimate of drug-likeness (QED) is 0.606. The van der Waals surface area contributed by atoms with E-state index in [0.717, 1.165) is 35.2 Å². The molecule has 0 saturated heterocycles. The Morgan fingerprint density at radius 1 is 1.19 bits per heavy atom. The average Bonchev–Trinajstić information content (AvgIpc) is 3.41. The summed E-state index contributed by atoms with van der Waals surface area (Å²) in [6.45, 7) is 2.09. The summed E-state index contributed by atoms with van der Waals surface area (Å²) in [6, 6.07) is 10.9. The summed E-state index contributed by atoms with van der Waals surface area (Å²) in [5.41, 5.74) is 2.82. The van der Waals surface area contributed by atoms with Crippen molar-refractivity contribution >= 4 is 17.2 Å². The summed E-state index contributed by atoms with van der Waals surface area (Å²) in [6.07, 6.45) is 1.82. The maximum atomic E-state index is 14.0. The summed E-state index contributed by atoms with van der Waals surface area (Å²) in [4.78, 5) is 19.1. The fourth-order valence-corrected chi connectivity index (χ4v) is 3.80. The van der Waals surface area contributed by atoms with E-state index >= 15 is 0 Å². The van der Waals surface area contributed by atoms with Gasteiger partial charge in [0.25, 0.3) is 5.91 Å². The highest BCUT2D eigenvalue weighted by molar-refractivity contribution is 7.13. The summed E-state index contributed by atoms with van der Waals surface area (Å²) in [5, 5.41) is 2.90. The first-order chi connectivity index (χ1) is 13.0. The van der Waals surface area contributed by atoms with E-state index in [4.69, 9.17) is 0 Å². The van der Waals surface area contributed by atoms with Crippen molar-refractivity contribution in [1.82, 2.24) is 9.88 Å². The normalized spacial score (nSPS) is 13.6. The Morgan fingerprint density at radius 2 is 1.93 bits per heavy atom. The van der Waals surface area contributed by atoms with E-state index < -0.39 is 11.6 Å². The lowest BCUT2D eigenvalue weighted by atomic mass is 10.1. The number of nitrogens with zero attached hydrogens (tertiary/aromatic N) is 2. The topological polar surface area (TPSA) is 33.2 Å². The molecule has 0 N–H and O–H groups in total. The molecule has 1 heterocycles. The summed E-state index contributed by atoms with van der Waals surface area (Å²) in [7, 11) is 0.